The normalized spacial score (nSPS) is 18.8. The van der Waals surface area contributed by atoms with Crippen molar-refractivity contribution in [3.8, 4) is 0 Å². The first-order chi connectivity index (χ1) is 6.19. The standard InChI is InChI=1S/C9H16BrNO2/c1-3-11(7-4-5-7)6-8(10)9(12)13-2/h7-8H,3-6H2,1-2H3. The number of carbonyl (C=O) groups excluding carboxylic acids is 1. The summed E-state index contributed by atoms with van der Waals surface area (Å²) in [7, 11) is 1.42. The molecule has 0 bridgehead atoms. The molecule has 4 heteroatoms. The van der Waals surface area contributed by atoms with Crippen molar-refractivity contribution in [2.45, 2.75) is 30.6 Å². The molecule has 1 aliphatic rings. The van der Waals surface area contributed by atoms with Crippen LogP contribution in [0.4, 0.5) is 0 Å². The van der Waals surface area contributed by atoms with E-state index in [1.807, 2.05) is 0 Å². The molecule has 0 N–H and O–H groups in total. The number of esters is 1. The third-order valence-corrected chi connectivity index (χ3v) is 2.98. The van der Waals surface area contributed by atoms with Crippen LogP contribution in [0.3, 0.4) is 0 Å². The fraction of sp³-hybridized carbons (Fsp3) is 0.889. The van der Waals surface area contributed by atoms with Crippen LogP contribution >= 0.6 is 15.9 Å². The van der Waals surface area contributed by atoms with Gasteiger partial charge >= 0.3 is 5.97 Å². The minimum absolute atomic E-state index is 0.181. The van der Waals surface area contributed by atoms with Crippen molar-refractivity contribution >= 4 is 21.9 Å². The third kappa shape index (κ3) is 3.27. The highest BCUT2D eigenvalue weighted by Crippen LogP contribution is 2.27. The molecule has 0 spiro atoms. The lowest BCUT2D eigenvalue weighted by Gasteiger charge is -2.21. The Labute approximate surface area is 87.6 Å². The van der Waals surface area contributed by atoms with Gasteiger partial charge in [0.15, 0.2) is 0 Å². The SMILES string of the molecule is CCN(CC(Br)C(=O)OC)C1CC1. The predicted molar refractivity (Wildman–Crippen MR) is 55.0 cm³/mol. The van der Waals surface area contributed by atoms with Crippen LogP contribution in [0, 0.1) is 0 Å². The minimum Gasteiger partial charge on any atom is -0.468 e. The van der Waals surface area contributed by atoms with E-state index in [0.29, 0.717) is 6.04 Å². The maximum absolute atomic E-state index is 11.1. The molecule has 1 fully saturated rings. The van der Waals surface area contributed by atoms with Crippen LogP contribution in [0.15, 0.2) is 0 Å². The zero-order valence-corrected chi connectivity index (χ0v) is 9.71. The second kappa shape index (κ2) is 4.96. The summed E-state index contributed by atoms with van der Waals surface area (Å²) < 4.78 is 4.65. The summed E-state index contributed by atoms with van der Waals surface area (Å²) in [5, 5.41) is 0. The summed E-state index contributed by atoms with van der Waals surface area (Å²) >= 11 is 3.32. The molecule has 0 saturated heterocycles. The van der Waals surface area contributed by atoms with Crippen LogP contribution in [0.1, 0.15) is 19.8 Å². The van der Waals surface area contributed by atoms with Crippen LogP contribution in [-0.4, -0.2) is 41.9 Å². The second-order valence-electron chi connectivity index (χ2n) is 3.31. The number of halogens is 1. The van der Waals surface area contributed by atoms with Gasteiger partial charge in [0.25, 0.3) is 0 Å². The van der Waals surface area contributed by atoms with Gasteiger partial charge in [-0.1, -0.05) is 22.9 Å². The molecule has 13 heavy (non-hydrogen) atoms. The van der Waals surface area contributed by atoms with Gasteiger partial charge in [0.05, 0.1) is 7.11 Å². The van der Waals surface area contributed by atoms with E-state index in [-0.39, 0.29) is 10.8 Å². The molecule has 0 aliphatic heterocycles. The van der Waals surface area contributed by atoms with Crippen molar-refractivity contribution in [3.05, 3.63) is 0 Å². The van der Waals surface area contributed by atoms with Crippen molar-refractivity contribution in [1.82, 2.24) is 4.90 Å². The topological polar surface area (TPSA) is 29.5 Å². The Balaban J connectivity index is 2.31. The Morgan fingerprint density at radius 1 is 1.69 bits per heavy atom. The molecule has 0 amide bonds. The first kappa shape index (κ1) is 11.0. The van der Waals surface area contributed by atoms with Crippen LogP contribution < -0.4 is 0 Å². The summed E-state index contributed by atoms with van der Waals surface area (Å²) in [6.07, 6.45) is 2.55. The highest BCUT2D eigenvalue weighted by Gasteiger charge is 2.30. The molecule has 0 radical (unpaired) electrons. The Bertz CT molecular complexity index is 182. The minimum atomic E-state index is -0.182. The van der Waals surface area contributed by atoms with E-state index in [1.165, 1.54) is 20.0 Å². The quantitative estimate of drug-likeness (QED) is 0.545. The van der Waals surface area contributed by atoms with Gasteiger partial charge in [-0.25, -0.2) is 0 Å². The van der Waals surface area contributed by atoms with Gasteiger partial charge in [-0.3, -0.25) is 9.69 Å². The van der Waals surface area contributed by atoms with E-state index in [0.717, 1.165) is 13.1 Å². The molecule has 76 valence electrons. The van der Waals surface area contributed by atoms with Crippen LogP contribution in [-0.2, 0) is 9.53 Å². The molecule has 0 aromatic carbocycles. The molecule has 1 aliphatic carbocycles. The maximum atomic E-state index is 11.1. The van der Waals surface area contributed by atoms with E-state index in [9.17, 15) is 4.79 Å². The molecular formula is C9H16BrNO2. The monoisotopic (exact) mass is 249 g/mol. The van der Waals surface area contributed by atoms with Crippen molar-refractivity contribution in [3.63, 3.8) is 0 Å². The number of alkyl halides is 1. The first-order valence-corrected chi connectivity index (χ1v) is 5.56. The lowest BCUT2D eigenvalue weighted by molar-refractivity contribution is -0.140. The van der Waals surface area contributed by atoms with Crippen molar-refractivity contribution < 1.29 is 9.53 Å². The summed E-state index contributed by atoms with van der Waals surface area (Å²) in [5.74, 6) is -0.181. The third-order valence-electron chi connectivity index (χ3n) is 2.32. The zero-order chi connectivity index (χ0) is 9.84. The van der Waals surface area contributed by atoms with Crippen molar-refractivity contribution in [2.24, 2.45) is 0 Å². The summed E-state index contributed by atoms with van der Waals surface area (Å²) in [5.41, 5.74) is 0. The first-order valence-electron chi connectivity index (χ1n) is 4.65. The van der Waals surface area contributed by atoms with Gasteiger partial charge in [0, 0.05) is 12.6 Å². The maximum Gasteiger partial charge on any atom is 0.320 e. The van der Waals surface area contributed by atoms with E-state index < -0.39 is 0 Å². The summed E-state index contributed by atoms with van der Waals surface area (Å²) in [4.78, 5) is 13.2. The summed E-state index contributed by atoms with van der Waals surface area (Å²) in [6, 6.07) is 0.703. The number of ether oxygens (including phenoxy) is 1. The lowest BCUT2D eigenvalue weighted by atomic mass is 10.3. The van der Waals surface area contributed by atoms with Crippen molar-refractivity contribution in [2.75, 3.05) is 20.2 Å². The average molecular weight is 250 g/mol. The smallest absolute Gasteiger partial charge is 0.320 e. The predicted octanol–water partition coefficient (Wildman–Crippen LogP) is 1.41. The van der Waals surface area contributed by atoms with Crippen LogP contribution in [0.5, 0.6) is 0 Å². The fourth-order valence-electron chi connectivity index (χ4n) is 1.38. The number of hydrogen-bond donors (Lipinski definition) is 0. The van der Waals surface area contributed by atoms with E-state index in [2.05, 4.69) is 32.5 Å². The van der Waals surface area contributed by atoms with E-state index in [4.69, 9.17) is 0 Å². The van der Waals surface area contributed by atoms with Crippen LogP contribution in [0.25, 0.3) is 0 Å². The number of rotatable bonds is 5. The largest absolute Gasteiger partial charge is 0.468 e. The Morgan fingerprint density at radius 3 is 2.69 bits per heavy atom. The Hall–Kier alpha value is -0.0900. The average Bonchev–Trinajstić information content (AvgIpc) is 2.95. The van der Waals surface area contributed by atoms with E-state index in [1.54, 1.807) is 0 Å². The van der Waals surface area contributed by atoms with Gasteiger partial charge in [0.2, 0.25) is 0 Å². The number of methoxy groups -OCH3 is 1. The molecule has 1 saturated carbocycles. The lowest BCUT2D eigenvalue weighted by Crippen LogP contribution is -2.35. The van der Waals surface area contributed by atoms with E-state index >= 15 is 0 Å². The van der Waals surface area contributed by atoms with Crippen LogP contribution in [0.2, 0.25) is 0 Å². The zero-order valence-electron chi connectivity index (χ0n) is 8.12. The molecular weight excluding hydrogens is 234 g/mol. The second-order valence-corrected chi connectivity index (χ2v) is 4.41. The van der Waals surface area contributed by atoms with Gasteiger partial charge in [0.1, 0.15) is 4.83 Å². The number of hydrogen-bond acceptors (Lipinski definition) is 3. The van der Waals surface area contributed by atoms with Gasteiger partial charge < -0.3 is 4.74 Å². The molecule has 3 nitrogen and oxygen atoms in total. The molecule has 1 atom stereocenters. The molecule has 1 unspecified atom stereocenters. The molecule has 0 heterocycles. The fourth-order valence-corrected chi connectivity index (χ4v) is 1.94. The van der Waals surface area contributed by atoms with Gasteiger partial charge in [-0.15, -0.1) is 0 Å². The molecule has 0 aromatic rings. The Morgan fingerprint density at radius 2 is 2.31 bits per heavy atom. The highest BCUT2D eigenvalue weighted by atomic mass is 79.9. The van der Waals surface area contributed by atoms with Gasteiger partial charge in [-0.2, -0.15) is 0 Å². The number of nitrogens with zero attached hydrogens (tertiary/aromatic N) is 1. The number of carbonyl (C=O) groups is 1. The molecule has 1 rings (SSSR count). The summed E-state index contributed by atoms with van der Waals surface area (Å²) in [6.45, 7) is 3.88. The van der Waals surface area contributed by atoms with Gasteiger partial charge in [-0.05, 0) is 19.4 Å². The highest BCUT2D eigenvalue weighted by molar-refractivity contribution is 9.10. The molecule has 0 aromatic heterocycles. The Kier molecular flexibility index (Phi) is 4.19. The van der Waals surface area contributed by atoms with Crippen molar-refractivity contribution in [1.29, 1.82) is 0 Å².